The molecule has 0 unspecified atom stereocenters. The van der Waals surface area contributed by atoms with Gasteiger partial charge in [-0.05, 0) is 78.9 Å². The average molecular weight is 664 g/mol. The van der Waals surface area contributed by atoms with E-state index < -0.39 is 0 Å². The standard InChI is InChI=1S/C48H29N3O/c1-6-19-39-33(14-1)34-15-2-7-20-40(34)49(39)30-12-11-13-31(28-30)50-41-21-8-3-17-36(41)47-43(50)25-26-44-48(47)37-18-4-9-22-42(37)51(44)32-24-27-46-38(29-32)35-16-5-10-23-45(35)52-46/h1-29H. The molecule has 0 saturated carbocycles. The monoisotopic (exact) mass is 663 g/mol. The van der Waals surface area contributed by atoms with E-state index in [0.29, 0.717) is 0 Å². The summed E-state index contributed by atoms with van der Waals surface area (Å²) in [4.78, 5) is 0. The van der Waals surface area contributed by atoms with Crippen molar-refractivity contribution in [2.45, 2.75) is 0 Å². The molecule has 0 bridgehead atoms. The third-order valence-corrected chi connectivity index (χ3v) is 11.0. The van der Waals surface area contributed by atoms with Crippen LogP contribution in [0.5, 0.6) is 0 Å². The highest BCUT2D eigenvalue weighted by molar-refractivity contribution is 6.29. The van der Waals surface area contributed by atoms with Crippen LogP contribution in [0.1, 0.15) is 0 Å². The van der Waals surface area contributed by atoms with Gasteiger partial charge in [0, 0.05) is 60.2 Å². The smallest absolute Gasteiger partial charge is 0.135 e. The van der Waals surface area contributed by atoms with Gasteiger partial charge in [-0.2, -0.15) is 0 Å². The lowest BCUT2D eigenvalue weighted by molar-refractivity contribution is 0.669. The molecule has 0 aliphatic heterocycles. The summed E-state index contributed by atoms with van der Waals surface area (Å²) in [5.74, 6) is 0. The molecule has 0 fully saturated rings. The van der Waals surface area contributed by atoms with Gasteiger partial charge in [-0.15, -0.1) is 0 Å². The molecule has 242 valence electrons. The van der Waals surface area contributed by atoms with Crippen molar-refractivity contribution in [3.05, 3.63) is 176 Å². The second-order valence-electron chi connectivity index (χ2n) is 13.7. The Balaban J connectivity index is 1.14. The molecule has 12 rings (SSSR count). The van der Waals surface area contributed by atoms with Crippen molar-refractivity contribution >= 4 is 87.4 Å². The zero-order valence-electron chi connectivity index (χ0n) is 28.0. The SMILES string of the molecule is c1cc(-n2c3ccccc3c3ccccc32)cc(-n2c3ccccc3c3c4c5ccccc5n(-c5ccc6oc7ccccc7c6c5)c4ccc32)c1. The van der Waals surface area contributed by atoms with E-state index in [1.807, 2.05) is 12.1 Å². The second-order valence-corrected chi connectivity index (χ2v) is 13.7. The highest BCUT2D eigenvalue weighted by atomic mass is 16.3. The van der Waals surface area contributed by atoms with E-state index in [1.54, 1.807) is 0 Å². The minimum absolute atomic E-state index is 0.902. The predicted molar refractivity (Wildman–Crippen MR) is 217 cm³/mol. The summed E-state index contributed by atoms with van der Waals surface area (Å²) < 4.78 is 13.5. The fourth-order valence-corrected chi connectivity index (χ4v) is 8.90. The number of para-hydroxylation sites is 5. The second kappa shape index (κ2) is 10.3. The van der Waals surface area contributed by atoms with Crippen LogP contribution >= 0.6 is 0 Å². The Morgan fingerprint density at radius 3 is 1.27 bits per heavy atom. The summed E-state index contributed by atoms with van der Waals surface area (Å²) in [7, 11) is 0. The molecule has 0 amide bonds. The first-order chi connectivity index (χ1) is 25.8. The maximum atomic E-state index is 6.21. The fraction of sp³-hybridized carbons (Fsp3) is 0. The Morgan fingerprint density at radius 2 is 0.692 bits per heavy atom. The topological polar surface area (TPSA) is 27.9 Å². The van der Waals surface area contributed by atoms with Crippen LogP contribution in [0, 0.1) is 0 Å². The molecule has 8 aromatic carbocycles. The van der Waals surface area contributed by atoms with Gasteiger partial charge in [-0.25, -0.2) is 0 Å². The molecule has 0 aliphatic rings. The lowest BCUT2D eigenvalue weighted by atomic mass is 10.1. The van der Waals surface area contributed by atoms with Crippen LogP contribution in [0.2, 0.25) is 0 Å². The maximum Gasteiger partial charge on any atom is 0.135 e. The Hall–Kier alpha value is -7.04. The number of benzene rings is 8. The minimum Gasteiger partial charge on any atom is -0.456 e. The molecule has 0 radical (unpaired) electrons. The van der Waals surface area contributed by atoms with E-state index in [-0.39, 0.29) is 0 Å². The molecular weight excluding hydrogens is 635 g/mol. The highest BCUT2D eigenvalue weighted by Gasteiger charge is 2.21. The maximum absolute atomic E-state index is 6.21. The van der Waals surface area contributed by atoms with E-state index in [1.165, 1.54) is 65.4 Å². The normalized spacial score (nSPS) is 12.2. The minimum atomic E-state index is 0.902. The molecule has 0 spiro atoms. The van der Waals surface area contributed by atoms with Crippen molar-refractivity contribution in [1.82, 2.24) is 13.7 Å². The van der Waals surface area contributed by atoms with E-state index in [4.69, 9.17) is 4.42 Å². The van der Waals surface area contributed by atoms with Gasteiger partial charge in [0.25, 0.3) is 0 Å². The summed E-state index contributed by atoms with van der Waals surface area (Å²) in [6, 6.07) is 63.6. The first-order valence-electron chi connectivity index (χ1n) is 17.8. The van der Waals surface area contributed by atoms with Crippen LogP contribution in [-0.2, 0) is 0 Å². The molecule has 52 heavy (non-hydrogen) atoms. The van der Waals surface area contributed by atoms with Gasteiger partial charge in [0.05, 0.1) is 33.1 Å². The van der Waals surface area contributed by atoms with Crippen LogP contribution in [0.25, 0.3) is 104 Å². The predicted octanol–water partition coefficient (Wildman–Crippen LogP) is 12.9. The number of nitrogens with zero attached hydrogens (tertiary/aromatic N) is 3. The van der Waals surface area contributed by atoms with Crippen molar-refractivity contribution < 1.29 is 4.42 Å². The van der Waals surface area contributed by atoms with Gasteiger partial charge in [0.2, 0.25) is 0 Å². The van der Waals surface area contributed by atoms with E-state index in [9.17, 15) is 0 Å². The molecule has 4 heteroatoms. The number of rotatable bonds is 3. The number of hydrogen-bond donors (Lipinski definition) is 0. The number of hydrogen-bond acceptors (Lipinski definition) is 1. The van der Waals surface area contributed by atoms with Crippen molar-refractivity contribution in [1.29, 1.82) is 0 Å². The van der Waals surface area contributed by atoms with Crippen LogP contribution in [0.3, 0.4) is 0 Å². The molecule has 0 aliphatic carbocycles. The van der Waals surface area contributed by atoms with Gasteiger partial charge in [-0.3, -0.25) is 0 Å². The fourth-order valence-electron chi connectivity index (χ4n) is 8.90. The Labute approximate surface area is 297 Å². The molecule has 4 nitrogen and oxygen atoms in total. The first kappa shape index (κ1) is 27.7. The molecule has 0 saturated heterocycles. The third-order valence-electron chi connectivity index (χ3n) is 11.0. The van der Waals surface area contributed by atoms with Crippen LogP contribution in [0.15, 0.2) is 180 Å². The van der Waals surface area contributed by atoms with Crippen molar-refractivity contribution in [2.24, 2.45) is 0 Å². The number of aromatic nitrogens is 3. The molecule has 4 aromatic heterocycles. The average Bonchev–Trinajstić information content (AvgIpc) is 3.94. The Morgan fingerprint density at radius 1 is 0.269 bits per heavy atom. The van der Waals surface area contributed by atoms with Gasteiger partial charge in [0.1, 0.15) is 11.2 Å². The van der Waals surface area contributed by atoms with Crippen LogP contribution in [0.4, 0.5) is 0 Å². The third kappa shape index (κ3) is 3.65. The Bertz CT molecular complexity index is 3370. The quantitative estimate of drug-likeness (QED) is 0.185. The summed E-state index contributed by atoms with van der Waals surface area (Å²) >= 11 is 0. The molecule has 12 aromatic rings. The van der Waals surface area contributed by atoms with Crippen molar-refractivity contribution in [3.8, 4) is 17.1 Å². The van der Waals surface area contributed by atoms with Crippen LogP contribution < -0.4 is 0 Å². The van der Waals surface area contributed by atoms with Gasteiger partial charge in [0.15, 0.2) is 0 Å². The number of furan rings is 1. The summed E-state index contributed by atoms with van der Waals surface area (Å²) in [5.41, 5.74) is 12.4. The number of fused-ring (bicyclic) bond motifs is 13. The van der Waals surface area contributed by atoms with Crippen LogP contribution in [-0.4, -0.2) is 13.7 Å². The van der Waals surface area contributed by atoms with E-state index >= 15 is 0 Å². The highest BCUT2D eigenvalue weighted by Crippen LogP contribution is 2.43. The zero-order valence-corrected chi connectivity index (χ0v) is 28.0. The van der Waals surface area contributed by atoms with Gasteiger partial charge in [-0.1, -0.05) is 97.1 Å². The largest absolute Gasteiger partial charge is 0.456 e. The Kier molecular flexibility index (Phi) is 5.47. The molecule has 4 heterocycles. The van der Waals surface area contributed by atoms with Crippen molar-refractivity contribution in [3.63, 3.8) is 0 Å². The zero-order chi connectivity index (χ0) is 33.9. The summed E-state index contributed by atoms with van der Waals surface area (Å²) in [6.07, 6.45) is 0. The molecular formula is C48H29N3O. The van der Waals surface area contributed by atoms with Gasteiger partial charge < -0.3 is 18.1 Å². The lowest BCUT2D eigenvalue weighted by Gasteiger charge is -2.13. The van der Waals surface area contributed by atoms with Gasteiger partial charge >= 0.3 is 0 Å². The van der Waals surface area contributed by atoms with E-state index in [2.05, 4.69) is 177 Å². The van der Waals surface area contributed by atoms with E-state index in [0.717, 1.165) is 39.0 Å². The molecule has 0 N–H and O–H groups in total. The first-order valence-corrected chi connectivity index (χ1v) is 17.8. The molecule has 0 atom stereocenters. The van der Waals surface area contributed by atoms with Crippen molar-refractivity contribution in [2.75, 3.05) is 0 Å². The lowest BCUT2D eigenvalue weighted by Crippen LogP contribution is -1.98. The summed E-state index contributed by atoms with van der Waals surface area (Å²) in [5, 5.41) is 9.79. The summed E-state index contributed by atoms with van der Waals surface area (Å²) in [6.45, 7) is 0.